The SMILES string of the molecule is CCC(C)CC(CC)Nc1ccccc1OCC(C)C. The highest BCUT2D eigenvalue weighted by molar-refractivity contribution is 5.56. The van der Waals surface area contributed by atoms with Crippen LogP contribution >= 0.6 is 0 Å². The fourth-order valence-electron chi connectivity index (χ4n) is 2.17. The fourth-order valence-corrected chi connectivity index (χ4v) is 2.17. The van der Waals surface area contributed by atoms with Crippen LogP contribution in [-0.4, -0.2) is 12.6 Å². The number of nitrogens with one attached hydrogen (secondary N) is 1. The van der Waals surface area contributed by atoms with Gasteiger partial charge in [0.1, 0.15) is 5.75 Å². The first-order valence-electron chi connectivity index (χ1n) is 8.05. The lowest BCUT2D eigenvalue weighted by molar-refractivity contribution is 0.272. The second-order valence-electron chi connectivity index (χ2n) is 6.20. The quantitative estimate of drug-likeness (QED) is 0.657. The van der Waals surface area contributed by atoms with Crippen LogP contribution in [0.5, 0.6) is 5.75 Å². The molecule has 0 fully saturated rings. The summed E-state index contributed by atoms with van der Waals surface area (Å²) in [5.41, 5.74) is 1.13. The smallest absolute Gasteiger partial charge is 0.142 e. The van der Waals surface area contributed by atoms with Gasteiger partial charge in [0.2, 0.25) is 0 Å². The monoisotopic (exact) mass is 277 g/mol. The summed E-state index contributed by atoms with van der Waals surface area (Å²) in [6.07, 6.45) is 3.60. The van der Waals surface area contributed by atoms with E-state index in [1.165, 1.54) is 12.8 Å². The van der Waals surface area contributed by atoms with Crippen molar-refractivity contribution in [3.8, 4) is 5.75 Å². The highest BCUT2D eigenvalue weighted by Crippen LogP contribution is 2.27. The highest BCUT2D eigenvalue weighted by Gasteiger charge is 2.12. The van der Waals surface area contributed by atoms with Crippen LogP contribution in [0, 0.1) is 11.8 Å². The first-order valence-corrected chi connectivity index (χ1v) is 8.05. The van der Waals surface area contributed by atoms with Gasteiger partial charge in [0, 0.05) is 6.04 Å². The van der Waals surface area contributed by atoms with Gasteiger partial charge in [-0.05, 0) is 36.8 Å². The van der Waals surface area contributed by atoms with Gasteiger partial charge in [0.05, 0.1) is 12.3 Å². The van der Waals surface area contributed by atoms with Crippen molar-refractivity contribution in [2.45, 2.75) is 59.9 Å². The van der Waals surface area contributed by atoms with E-state index in [9.17, 15) is 0 Å². The average Bonchev–Trinajstić information content (AvgIpc) is 2.45. The van der Waals surface area contributed by atoms with Crippen LogP contribution in [-0.2, 0) is 0 Å². The van der Waals surface area contributed by atoms with Crippen molar-refractivity contribution in [3.63, 3.8) is 0 Å². The second kappa shape index (κ2) is 8.89. The third-order valence-corrected chi connectivity index (χ3v) is 3.70. The number of benzene rings is 1. The Balaban J connectivity index is 2.69. The van der Waals surface area contributed by atoms with E-state index in [2.05, 4.69) is 58.1 Å². The van der Waals surface area contributed by atoms with Gasteiger partial charge in [-0.2, -0.15) is 0 Å². The van der Waals surface area contributed by atoms with Crippen LogP contribution in [0.25, 0.3) is 0 Å². The molecular formula is C18H31NO. The molecule has 0 heterocycles. The molecule has 0 amide bonds. The predicted molar refractivity (Wildman–Crippen MR) is 88.5 cm³/mol. The zero-order chi connectivity index (χ0) is 15.0. The number of rotatable bonds is 9. The largest absolute Gasteiger partial charge is 0.491 e. The lowest BCUT2D eigenvalue weighted by atomic mass is 9.97. The van der Waals surface area contributed by atoms with Crippen LogP contribution in [0.2, 0.25) is 0 Å². The lowest BCUT2D eigenvalue weighted by Crippen LogP contribution is -2.21. The summed E-state index contributed by atoms with van der Waals surface area (Å²) >= 11 is 0. The molecule has 1 aromatic rings. The Labute approximate surface area is 124 Å². The minimum absolute atomic E-state index is 0.522. The van der Waals surface area contributed by atoms with Crippen molar-refractivity contribution >= 4 is 5.69 Å². The zero-order valence-corrected chi connectivity index (χ0v) is 13.8. The summed E-state index contributed by atoms with van der Waals surface area (Å²) in [7, 11) is 0. The van der Waals surface area contributed by atoms with Gasteiger partial charge in [0.25, 0.3) is 0 Å². The molecule has 0 aromatic heterocycles. The molecule has 0 radical (unpaired) electrons. The normalized spacial score (nSPS) is 14.1. The van der Waals surface area contributed by atoms with Gasteiger partial charge in [0.15, 0.2) is 0 Å². The molecule has 0 spiro atoms. The summed E-state index contributed by atoms with van der Waals surface area (Å²) in [5, 5.41) is 3.66. The van der Waals surface area contributed by atoms with E-state index >= 15 is 0 Å². The van der Waals surface area contributed by atoms with Gasteiger partial charge in [-0.1, -0.05) is 53.2 Å². The summed E-state index contributed by atoms with van der Waals surface area (Å²) in [6.45, 7) is 11.9. The van der Waals surface area contributed by atoms with Crippen LogP contribution in [0.1, 0.15) is 53.9 Å². The first-order chi connectivity index (χ1) is 9.56. The molecule has 1 N–H and O–H groups in total. The molecule has 0 aliphatic heterocycles. The van der Waals surface area contributed by atoms with Gasteiger partial charge in [-0.15, -0.1) is 0 Å². The van der Waals surface area contributed by atoms with Crippen molar-refractivity contribution in [1.29, 1.82) is 0 Å². The van der Waals surface area contributed by atoms with Gasteiger partial charge < -0.3 is 10.1 Å². The van der Waals surface area contributed by atoms with Crippen molar-refractivity contribution in [1.82, 2.24) is 0 Å². The Morgan fingerprint density at radius 1 is 1.05 bits per heavy atom. The number of ether oxygens (including phenoxy) is 1. The molecule has 2 nitrogen and oxygen atoms in total. The lowest BCUT2D eigenvalue weighted by Gasteiger charge is -2.23. The molecule has 0 aliphatic carbocycles. The van der Waals surface area contributed by atoms with E-state index < -0.39 is 0 Å². The Morgan fingerprint density at radius 2 is 1.75 bits per heavy atom. The fraction of sp³-hybridized carbons (Fsp3) is 0.667. The maximum atomic E-state index is 5.91. The summed E-state index contributed by atoms with van der Waals surface area (Å²) in [6, 6.07) is 8.81. The van der Waals surface area contributed by atoms with Gasteiger partial charge in [-0.3, -0.25) is 0 Å². The molecule has 20 heavy (non-hydrogen) atoms. The Kier molecular flexibility index (Phi) is 7.50. The summed E-state index contributed by atoms with van der Waals surface area (Å²) < 4.78 is 5.91. The molecule has 1 rings (SSSR count). The van der Waals surface area contributed by atoms with Crippen LogP contribution < -0.4 is 10.1 Å². The third kappa shape index (κ3) is 5.85. The van der Waals surface area contributed by atoms with Crippen molar-refractivity contribution < 1.29 is 4.74 Å². The number of hydrogen-bond acceptors (Lipinski definition) is 2. The van der Waals surface area contributed by atoms with Crippen LogP contribution in [0.3, 0.4) is 0 Å². The molecule has 2 atom stereocenters. The maximum Gasteiger partial charge on any atom is 0.142 e. The molecule has 2 heteroatoms. The van der Waals surface area contributed by atoms with Crippen molar-refractivity contribution in [2.24, 2.45) is 11.8 Å². The number of hydrogen-bond donors (Lipinski definition) is 1. The Bertz CT molecular complexity index is 375. The van der Waals surface area contributed by atoms with E-state index in [1.807, 2.05) is 6.07 Å². The highest BCUT2D eigenvalue weighted by atomic mass is 16.5. The van der Waals surface area contributed by atoms with Crippen LogP contribution in [0.4, 0.5) is 5.69 Å². The zero-order valence-electron chi connectivity index (χ0n) is 13.8. The molecule has 0 saturated heterocycles. The summed E-state index contributed by atoms with van der Waals surface area (Å²) in [5.74, 6) is 2.28. The van der Waals surface area contributed by atoms with E-state index in [4.69, 9.17) is 4.74 Å². The summed E-state index contributed by atoms with van der Waals surface area (Å²) in [4.78, 5) is 0. The van der Waals surface area contributed by atoms with E-state index in [-0.39, 0.29) is 0 Å². The third-order valence-electron chi connectivity index (χ3n) is 3.70. The molecule has 0 bridgehead atoms. The minimum atomic E-state index is 0.522. The predicted octanol–water partition coefficient (Wildman–Crippen LogP) is 5.35. The second-order valence-corrected chi connectivity index (χ2v) is 6.20. The van der Waals surface area contributed by atoms with E-state index in [0.29, 0.717) is 12.0 Å². The van der Waals surface area contributed by atoms with E-state index in [0.717, 1.165) is 30.4 Å². The molecule has 114 valence electrons. The van der Waals surface area contributed by atoms with Gasteiger partial charge in [-0.25, -0.2) is 0 Å². The molecule has 0 aliphatic rings. The Hall–Kier alpha value is -1.18. The van der Waals surface area contributed by atoms with Crippen molar-refractivity contribution in [3.05, 3.63) is 24.3 Å². The molecular weight excluding hydrogens is 246 g/mol. The van der Waals surface area contributed by atoms with E-state index in [1.54, 1.807) is 0 Å². The molecule has 1 aromatic carbocycles. The van der Waals surface area contributed by atoms with Crippen molar-refractivity contribution in [2.75, 3.05) is 11.9 Å². The minimum Gasteiger partial charge on any atom is -0.491 e. The Morgan fingerprint density at radius 3 is 2.35 bits per heavy atom. The molecule has 0 saturated carbocycles. The standard InChI is InChI=1S/C18H31NO/c1-6-15(5)12-16(7-2)19-17-10-8-9-11-18(17)20-13-14(3)4/h8-11,14-16,19H,6-7,12-13H2,1-5H3. The van der Waals surface area contributed by atoms with Crippen LogP contribution in [0.15, 0.2) is 24.3 Å². The number of anilines is 1. The maximum absolute atomic E-state index is 5.91. The molecule has 2 unspecified atom stereocenters. The first kappa shape index (κ1) is 16.9. The topological polar surface area (TPSA) is 21.3 Å². The van der Waals surface area contributed by atoms with Gasteiger partial charge >= 0.3 is 0 Å². The average molecular weight is 277 g/mol. The number of para-hydroxylation sites is 2.